The first-order valence-corrected chi connectivity index (χ1v) is 9.31. The molecule has 0 radical (unpaired) electrons. The van der Waals surface area contributed by atoms with Crippen molar-refractivity contribution in [1.82, 2.24) is 4.90 Å². The fourth-order valence-electron chi connectivity index (χ4n) is 3.29. The molecule has 2 fully saturated rings. The third kappa shape index (κ3) is 3.98. The Labute approximate surface area is 150 Å². The molecule has 2 saturated heterocycles. The standard InChI is InChI=1S/C18H23BrN2O3/c1-12-4-5-15(14(19)11-12)20-17(22)13-6-8-21(9-7-13)18(23)16-3-2-10-24-16/h4-5,11,13,16H,2-3,6-10H2,1H3,(H,20,22). The van der Waals surface area contributed by atoms with Crippen molar-refractivity contribution in [3.63, 3.8) is 0 Å². The highest BCUT2D eigenvalue weighted by molar-refractivity contribution is 9.10. The molecule has 2 amide bonds. The maximum atomic E-state index is 12.5. The Kier molecular flexibility index (Phi) is 5.56. The Morgan fingerprint density at radius 2 is 2.00 bits per heavy atom. The second-order valence-electron chi connectivity index (χ2n) is 6.57. The van der Waals surface area contributed by atoms with E-state index in [0.717, 1.165) is 28.6 Å². The number of nitrogens with zero attached hydrogens (tertiary/aromatic N) is 1. The van der Waals surface area contributed by atoms with Crippen LogP contribution in [0, 0.1) is 12.8 Å². The number of hydrogen-bond donors (Lipinski definition) is 1. The van der Waals surface area contributed by atoms with Crippen molar-refractivity contribution in [2.24, 2.45) is 5.92 Å². The maximum Gasteiger partial charge on any atom is 0.251 e. The van der Waals surface area contributed by atoms with E-state index in [9.17, 15) is 9.59 Å². The number of likely N-dealkylation sites (tertiary alicyclic amines) is 1. The number of rotatable bonds is 3. The van der Waals surface area contributed by atoms with Crippen molar-refractivity contribution in [1.29, 1.82) is 0 Å². The first-order valence-electron chi connectivity index (χ1n) is 8.52. The van der Waals surface area contributed by atoms with Gasteiger partial charge in [-0.15, -0.1) is 0 Å². The molecule has 0 aliphatic carbocycles. The van der Waals surface area contributed by atoms with Gasteiger partial charge in [0.1, 0.15) is 6.10 Å². The molecule has 1 aromatic rings. The Hall–Kier alpha value is -1.40. The van der Waals surface area contributed by atoms with Gasteiger partial charge in [0.05, 0.1) is 5.69 Å². The number of aryl methyl sites for hydroxylation is 1. The molecular formula is C18H23BrN2O3. The molecule has 24 heavy (non-hydrogen) atoms. The van der Waals surface area contributed by atoms with Gasteiger partial charge < -0.3 is 15.0 Å². The molecule has 0 spiro atoms. The minimum absolute atomic E-state index is 0.0313. The number of nitrogens with one attached hydrogen (secondary N) is 1. The van der Waals surface area contributed by atoms with Gasteiger partial charge in [-0.2, -0.15) is 0 Å². The molecule has 1 atom stereocenters. The summed E-state index contributed by atoms with van der Waals surface area (Å²) in [6.07, 6.45) is 2.92. The molecule has 0 bridgehead atoms. The molecule has 2 heterocycles. The highest BCUT2D eigenvalue weighted by Gasteiger charge is 2.32. The molecule has 2 aliphatic rings. The second kappa shape index (κ2) is 7.66. The zero-order valence-corrected chi connectivity index (χ0v) is 15.5. The summed E-state index contributed by atoms with van der Waals surface area (Å²) in [7, 11) is 0. The summed E-state index contributed by atoms with van der Waals surface area (Å²) < 4.78 is 6.36. The molecule has 5 nitrogen and oxygen atoms in total. The van der Waals surface area contributed by atoms with Gasteiger partial charge in [0.15, 0.2) is 0 Å². The summed E-state index contributed by atoms with van der Waals surface area (Å²) in [5.41, 5.74) is 1.93. The van der Waals surface area contributed by atoms with Crippen molar-refractivity contribution in [3.8, 4) is 0 Å². The van der Waals surface area contributed by atoms with Crippen LogP contribution in [0.3, 0.4) is 0 Å². The topological polar surface area (TPSA) is 58.6 Å². The second-order valence-corrected chi connectivity index (χ2v) is 7.43. The number of amides is 2. The Bertz CT molecular complexity index is 621. The van der Waals surface area contributed by atoms with E-state index in [2.05, 4.69) is 21.2 Å². The van der Waals surface area contributed by atoms with Gasteiger partial charge in [-0.3, -0.25) is 9.59 Å². The summed E-state index contributed by atoms with van der Waals surface area (Å²) in [4.78, 5) is 26.7. The fourth-order valence-corrected chi connectivity index (χ4v) is 3.89. The molecule has 0 saturated carbocycles. The fraction of sp³-hybridized carbons (Fsp3) is 0.556. The van der Waals surface area contributed by atoms with Crippen LogP contribution in [0.1, 0.15) is 31.2 Å². The van der Waals surface area contributed by atoms with Gasteiger partial charge in [0.25, 0.3) is 5.91 Å². The van der Waals surface area contributed by atoms with Gasteiger partial charge >= 0.3 is 0 Å². The van der Waals surface area contributed by atoms with E-state index < -0.39 is 0 Å². The number of halogens is 1. The number of carbonyl (C=O) groups excluding carboxylic acids is 2. The van der Waals surface area contributed by atoms with Crippen molar-refractivity contribution < 1.29 is 14.3 Å². The van der Waals surface area contributed by atoms with E-state index in [1.54, 1.807) is 0 Å². The average molecular weight is 395 g/mol. The number of carbonyl (C=O) groups is 2. The predicted molar refractivity (Wildman–Crippen MR) is 95.8 cm³/mol. The quantitative estimate of drug-likeness (QED) is 0.856. The molecule has 1 aromatic carbocycles. The lowest BCUT2D eigenvalue weighted by Gasteiger charge is -2.32. The van der Waals surface area contributed by atoms with Gasteiger partial charge in [-0.25, -0.2) is 0 Å². The largest absolute Gasteiger partial charge is 0.368 e. The predicted octanol–water partition coefficient (Wildman–Crippen LogP) is 3.11. The van der Waals surface area contributed by atoms with Crippen LogP contribution in [0.2, 0.25) is 0 Å². The van der Waals surface area contributed by atoms with E-state index in [1.165, 1.54) is 0 Å². The average Bonchev–Trinajstić information content (AvgIpc) is 3.11. The molecule has 3 rings (SSSR count). The van der Waals surface area contributed by atoms with Crippen LogP contribution >= 0.6 is 15.9 Å². The van der Waals surface area contributed by atoms with E-state index in [0.29, 0.717) is 32.5 Å². The summed E-state index contributed by atoms with van der Waals surface area (Å²) in [5.74, 6) is 0.0724. The van der Waals surface area contributed by atoms with Crippen molar-refractivity contribution in [2.75, 3.05) is 25.0 Å². The normalized spacial score (nSPS) is 21.8. The van der Waals surface area contributed by atoms with Gasteiger partial charge in [0, 0.05) is 30.1 Å². The first kappa shape index (κ1) is 17.4. The molecular weight excluding hydrogens is 372 g/mol. The molecule has 0 aromatic heterocycles. The van der Waals surface area contributed by atoms with Gasteiger partial charge in [-0.1, -0.05) is 6.07 Å². The smallest absolute Gasteiger partial charge is 0.251 e. The summed E-state index contributed by atoms with van der Waals surface area (Å²) >= 11 is 3.48. The Morgan fingerprint density at radius 3 is 2.62 bits per heavy atom. The van der Waals surface area contributed by atoms with Crippen LogP contribution in [0.25, 0.3) is 0 Å². The molecule has 1 N–H and O–H groups in total. The van der Waals surface area contributed by atoms with Gasteiger partial charge in [0.2, 0.25) is 5.91 Å². The lowest BCUT2D eigenvalue weighted by Crippen LogP contribution is -2.45. The summed E-state index contributed by atoms with van der Waals surface area (Å²) in [6, 6.07) is 5.87. The van der Waals surface area contributed by atoms with E-state index in [-0.39, 0.29) is 23.8 Å². The van der Waals surface area contributed by atoms with E-state index >= 15 is 0 Å². The monoisotopic (exact) mass is 394 g/mol. The van der Waals surface area contributed by atoms with Crippen molar-refractivity contribution in [2.45, 2.75) is 38.7 Å². The van der Waals surface area contributed by atoms with Crippen LogP contribution in [0.5, 0.6) is 0 Å². The van der Waals surface area contributed by atoms with Crippen molar-refractivity contribution >= 4 is 33.4 Å². The lowest BCUT2D eigenvalue weighted by atomic mass is 9.95. The van der Waals surface area contributed by atoms with Crippen LogP contribution in [0.4, 0.5) is 5.69 Å². The number of ether oxygens (including phenoxy) is 1. The van der Waals surface area contributed by atoms with Crippen LogP contribution in [-0.4, -0.2) is 42.5 Å². The Balaban J connectivity index is 1.52. The molecule has 130 valence electrons. The number of anilines is 1. The molecule has 2 aliphatic heterocycles. The highest BCUT2D eigenvalue weighted by atomic mass is 79.9. The van der Waals surface area contributed by atoms with E-state index in [4.69, 9.17) is 4.74 Å². The SMILES string of the molecule is Cc1ccc(NC(=O)C2CCN(C(=O)C3CCCO3)CC2)c(Br)c1. The van der Waals surface area contributed by atoms with Crippen LogP contribution in [0.15, 0.2) is 22.7 Å². The minimum atomic E-state index is -0.265. The summed E-state index contributed by atoms with van der Waals surface area (Å²) in [5, 5.41) is 2.99. The number of benzene rings is 1. The zero-order valence-electron chi connectivity index (χ0n) is 13.9. The zero-order chi connectivity index (χ0) is 17.1. The van der Waals surface area contributed by atoms with Crippen LogP contribution in [-0.2, 0) is 14.3 Å². The first-order chi connectivity index (χ1) is 11.5. The summed E-state index contributed by atoms with van der Waals surface area (Å²) in [6.45, 7) is 3.95. The number of piperidine rings is 1. The third-order valence-electron chi connectivity index (χ3n) is 4.77. The number of hydrogen-bond acceptors (Lipinski definition) is 3. The maximum absolute atomic E-state index is 12.5. The van der Waals surface area contributed by atoms with Crippen LogP contribution < -0.4 is 5.32 Å². The van der Waals surface area contributed by atoms with Gasteiger partial charge in [-0.05, 0) is 66.2 Å². The highest BCUT2D eigenvalue weighted by Crippen LogP contribution is 2.26. The Morgan fingerprint density at radius 1 is 1.25 bits per heavy atom. The third-order valence-corrected chi connectivity index (χ3v) is 5.42. The molecule has 6 heteroatoms. The molecule has 1 unspecified atom stereocenters. The minimum Gasteiger partial charge on any atom is -0.368 e. The lowest BCUT2D eigenvalue weighted by molar-refractivity contribution is -0.143. The van der Waals surface area contributed by atoms with Crippen molar-refractivity contribution in [3.05, 3.63) is 28.2 Å². The van der Waals surface area contributed by atoms with E-state index in [1.807, 2.05) is 30.0 Å².